The summed E-state index contributed by atoms with van der Waals surface area (Å²) in [6, 6.07) is 39.2. The van der Waals surface area contributed by atoms with E-state index in [1.54, 1.807) is 150 Å². The van der Waals surface area contributed by atoms with E-state index in [9.17, 15) is 66.1 Å². The number of carbonyl (C=O) groups is 8. The molecule has 12 aromatic rings. The first-order valence-electron chi connectivity index (χ1n) is 40.0. The Morgan fingerprint density at radius 1 is 0.374 bits per heavy atom. The van der Waals surface area contributed by atoms with Gasteiger partial charge in [0.1, 0.15) is 23.3 Å². The number of carboxylic acid groups (broad SMARTS) is 2. The van der Waals surface area contributed by atoms with Gasteiger partial charge in [0.15, 0.2) is 0 Å². The lowest BCUT2D eigenvalue weighted by atomic mass is 9.80. The molecule has 1 unspecified atom stereocenters. The van der Waals surface area contributed by atoms with E-state index in [0.29, 0.717) is 235 Å². The molecule has 0 spiro atoms. The minimum Gasteiger partial charge on any atom is -1.00 e. The molecular weight excluding hydrogens is 1780 g/mol. The number of benzene rings is 8. The first-order chi connectivity index (χ1) is 57.6. The number of nitrogens with zero attached hydrogens (tertiary/aromatic N) is 8. The predicted octanol–water partition coefficient (Wildman–Crippen LogP) is 19.9. The standard InChI is InChI=1S/C24H24ClFN2O3.C24H22ClFN2O3.2C22H20ClFN2O3.2CH4.HI/c2*1-3-31-24(30)16-12-10-15(11-13-16)22-21-18(26)8-5-9-19(21)28(27-22)23(29)20-14(2)6-4-7-17(20)25;2*1-12-4-2-5-15(23)18(12)21(27)26-17-7-3-6-16(24)19(17)20(25-26)13-8-10-14(11-9-13)22(28)29;;;/h4-9,15-16H,3,10-13H2,1-2H3;4-10,16H,3,11-13H2,1-2H3;2*2-7,13-14H,8-11H2,1H3,(H,28,29);2*1H4;1H/p-1. The van der Waals surface area contributed by atoms with E-state index in [1.165, 1.54) is 43.0 Å². The number of aromatic nitrogens is 8. The maximum atomic E-state index is 14.9. The average molecular weight is 1870 g/mol. The van der Waals surface area contributed by atoms with E-state index in [1.807, 2.05) is 19.1 Å². The number of hydrogen-bond donors (Lipinski definition) is 2. The number of aryl methyl sites for hydroxylation is 4. The molecule has 4 heterocycles. The molecule has 29 heteroatoms. The van der Waals surface area contributed by atoms with Crippen LogP contribution >= 0.6 is 46.4 Å². The van der Waals surface area contributed by atoms with Crippen molar-refractivity contribution in [3.63, 3.8) is 0 Å². The third-order valence-corrected chi connectivity index (χ3v) is 24.5. The van der Waals surface area contributed by atoms with Gasteiger partial charge in [-0.2, -0.15) is 39.1 Å². The molecule has 3 saturated carbocycles. The summed E-state index contributed by atoms with van der Waals surface area (Å²) in [6.45, 7) is 11.5. The van der Waals surface area contributed by atoms with Crippen molar-refractivity contribution >= 4 is 143 Å². The smallest absolute Gasteiger partial charge is 0.309 e. The van der Waals surface area contributed by atoms with Crippen molar-refractivity contribution in [1.29, 1.82) is 0 Å². The molecule has 0 radical (unpaired) electrons. The zero-order valence-electron chi connectivity index (χ0n) is 67.0. The van der Waals surface area contributed by atoms with Gasteiger partial charge >= 0.3 is 23.9 Å². The SMILES string of the molecule is C.C.CCOC(=O)C1CC=C(c2nn(C(=O)c3c(C)cccc3Cl)c3cccc(F)c23)CC1.CCOC(=O)C1CCC(c2nn(C(=O)c3c(C)cccc3Cl)c3cccc(F)c23)CC1.Cc1cccc(Cl)c1C(=O)n1nc(C2CCC(C(=O)O)CC2)c2c(F)cccc21.Cc1cccc(Cl)c1C(=O)n1nc(C2CCC(C(=O)O)CC2)c2c(F)cccc21.[I-]. The number of allylic oxidation sites excluding steroid dienone is 2. The first kappa shape index (κ1) is 94.8. The molecule has 0 aliphatic heterocycles. The number of ether oxygens (including phenoxy) is 2. The van der Waals surface area contributed by atoms with Crippen LogP contribution in [0.25, 0.3) is 49.2 Å². The molecule has 0 amide bonds. The third kappa shape index (κ3) is 19.9. The molecule has 123 heavy (non-hydrogen) atoms. The van der Waals surface area contributed by atoms with Gasteiger partial charge in [0.05, 0.1) is 146 Å². The van der Waals surface area contributed by atoms with Gasteiger partial charge in [-0.05, 0) is 238 Å². The summed E-state index contributed by atoms with van der Waals surface area (Å²) in [6.07, 6.45) is 10.6. The van der Waals surface area contributed by atoms with E-state index in [-0.39, 0.29) is 98.1 Å². The van der Waals surface area contributed by atoms with E-state index in [2.05, 4.69) is 20.4 Å². The Bertz CT molecular complexity index is 5800. The largest absolute Gasteiger partial charge is 1.00 e. The fraction of sp³-hybridized carbons (Fsp3) is 0.340. The Kier molecular flexibility index (Phi) is 31.9. The Balaban J connectivity index is 0.000000170. The van der Waals surface area contributed by atoms with Crippen LogP contribution in [0.1, 0.15) is 229 Å². The van der Waals surface area contributed by atoms with Crippen LogP contribution in [0.2, 0.25) is 20.1 Å². The molecule has 4 aromatic heterocycles. The highest BCUT2D eigenvalue weighted by Crippen LogP contribution is 2.45. The predicted molar refractivity (Wildman–Crippen MR) is 464 cm³/mol. The number of hydrogen-bond acceptors (Lipinski definition) is 14. The summed E-state index contributed by atoms with van der Waals surface area (Å²) in [5.41, 5.74) is 8.67. The van der Waals surface area contributed by atoms with Crippen molar-refractivity contribution in [3.8, 4) is 0 Å². The summed E-state index contributed by atoms with van der Waals surface area (Å²) in [7, 11) is 0. The fourth-order valence-corrected chi connectivity index (χ4v) is 18.2. The summed E-state index contributed by atoms with van der Waals surface area (Å²) in [5.74, 6) is -6.65. The quantitative estimate of drug-likeness (QED) is 0.0582. The zero-order valence-corrected chi connectivity index (χ0v) is 72.1. The maximum absolute atomic E-state index is 14.9. The van der Waals surface area contributed by atoms with Gasteiger partial charge in [0.25, 0.3) is 23.6 Å². The van der Waals surface area contributed by atoms with Crippen LogP contribution in [0, 0.1) is 74.6 Å². The van der Waals surface area contributed by atoms with Crippen molar-refractivity contribution in [3.05, 3.63) is 262 Å². The van der Waals surface area contributed by atoms with Crippen LogP contribution in [0.4, 0.5) is 17.6 Å². The van der Waals surface area contributed by atoms with Crippen LogP contribution in [0.3, 0.4) is 0 Å². The summed E-state index contributed by atoms with van der Waals surface area (Å²) >= 11 is 25.1. The highest BCUT2D eigenvalue weighted by Gasteiger charge is 2.37. The van der Waals surface area contributed by atoms with Gasteiger partial charge in [0, 0.05) is 17.8 Å². The minimum atomic E-state index is -0.797. The third-order valence-electron chi connectivity index (χ3n) is 23.2. The molecular formula is C94H94Cl4F4IN8O12-. The second kappa shape index (κ2) is 41.4. The lowest BCUT2D eigenvalue weighted by Crippen LogP contribution is -3.00. The van der Waals surface area contributed by atoms with Gasteiger partial charge in [-0.25, -0.2) is 17.6 Å². The monoisotopic (exact) mass is 1870 g/mol. The Morgan fingerprint density at radius 2 is 0.642 bits per heavy atom. The summed E-state index contributed by atoms with van der Waals surface area (Å²) in [5, 5.41) is 39.2. The highest BCUT2D eigenvalue weighted by atomic mass is 127. The molecule has 2 N–H and O–H groups in total. The van der Waals surface area contributed by atoms with Crippen LogP contribution in [0.15, 0.2) is 152 Å². The summed E-state index contributed by atoms with van der Waals surface area (Å²) in [4.78, 5) is 99.8. The average Bonchev–Trinajstić information content (AvgIpc) is 1.62. The van der Waals surface area contributed by atoms with Crippen molar-refractivity contribution in [1.82, 2.24) is 39.1 Å². The molecule has 0 saturated heterocycles. The Hall–Kier alpha value is -10.5. The molecule has 3 fully saturated rings. The number of halogens is 9. The van der Waals surface area contributed by atoms with E-state index in [4.69, 9.17) is 55.9 Å². The number of fused-ring (bicyclic) bond motifs is 4. The van der Waals surface area contributed by atoms with Gasteiger partial charge in [0.2, 0.25) is 0 Å². The number of carboxylic acids is 2. The van der Waals surface area contributed by atoms with Gasteiger partial charge in [-0.1, -0.05) is 140 Å². The minimum absolute atomic E-state index is 0. The van der Waals surface area contributed by atoms with Crippen LogP contribution < -0.4 is 24.0 Å². The Labute approximate surface area is 746 Å². The molecule has 8 aromatic carbocycles. The maximum Gasteiger partial charge on any atom is 0.309 e. The van der Waals surface area contributed by atoms with Crippen LogP contribution in [-0.4, -0.2) is 110 Å². The fourth-order valence-electron chi connectivity index (χ4n) is 16.9. The lowest BCUT2D eigenvalue weighted by molar-refractivity contribution is -0.149. The van der Waals surface area contributed by atoms with Gasteiger partial charge in [-0.3, -0.25) is 38.4 Å². The van der Waals surface area contributed by atoms with Crippen LogP contribution in [0.5, 0.6) is 0 Å². The molecule has 16 rings (SSSR count). The number of esters is 2. The van der Waals surface area contributed by atoms with E-state index in [0.717, 1.165) is 11.1 Å². The molecule has 20 nitrogen and oxygen atoms in total. The second-order valence-corrected chi connectivity index (χ2v) is 32.3. The number of rotatable bonds is 14. The van der Waals surface area contributed by atoms with Crippen molar-refractivity contribution in [2.45, 2.75) is 170 Å². The zero-order chi connectivity index (χ0) is 85.7. The molecule has 1 atom stereocenters. The van der Waals surface area contributed by atoms with E-state index < -0.39 is 52.9 Å². The molecule has 4 aliphatic rings. The topological polar surface area (TPSA) is 267 Å². The number of carbonyl (C=O) groups excluding carboxylic acids is 6. The second-order valence-electron chi connectivity index (χ2n) is 30.7. The van der Waals surface area contributed by atoms with E-state index >= 15 is 0 Å². The normalized spacial score (nSPS) is 18.0. The molecule has 0 bridgehead atoms. The van der Waals surface area contributed by atoms with Gasteiger partial charge < -0.3 is 43.7 Å². The first-order valence-corrected chi connectivity index (χ1v) is 41.5. The van der Waals surface area contributed by atoms with Gasteiger partial charge in [-0.15, -0.1) is 0 Å². The number of aliphatic carboxylic acids is 2. The molecule has 646 valence electrons. The van der Waals surface area contributed by atoms with Crippen molar-refractivity contribution in [2.24, 2.45) is 23.7 Å². The van der Waals surface area contributed by atoms with Crippen molar-refractivity contribution in [2.75, 3.05) is 13.2 Å². The Morgan fingerprint density at radius 3 is 0.919 bits per heavy atom. The van der Waals surface area contributed by atoms with Crippen LogP contribution in [-0.2, 0) is 28.7 Å². The summed E-state index contributed by atoms with van der Waals surface area (Å²) < 4.78 is 74.4. The van der Waals surface area contributed by atoms with Crippen molar-refractivity contribution < 1.29 is 99.6 Å². The highest BCUT2D eigenvalue weighted by molar-refractivity contribution is 6.36. The molecule has 4 aliphatic carbocycles. The lowest BCUT2D eigenvalue weighted by Gasteiger charge is -2.26.